The number of nitrogens with zero attached hydrogens (tertiary/aromatic N) is 4. The SMILES string of the molecule is CC(C(=O)O)n1nnnc1Cc1ccccc1. The smallest absolute Gasteiger partial charge is 0.328 e. The molecule has 0 bridgehead atoms. The molecule has 0 aliphatic carbocycles. The van der Waals surface area contributed by atoms with Crippen LogP contribution in [0.3, 0.4) is 0 Å². The van der Waals surface area contributed by atoms with E-state index in [1.807, 2.05) is 30.3 Å². The summed E-state index contributed by atoms with van der Waals surface area (Å²) in [5.41, 5.74) is 1.04. The summed E-state index contributed by atoms with van der Waals surface area (Å²) in [7, 11) is 0. The second-order valence-electron chi connectivity index (χ2n) is 3.72. The fourth-order valence-electron chi connectivity index (χ4n) is 1.51. The molecule has 0 spiro atoms. The standard InChI is InChI=1S/C11H12N4O2/c1-8(11(16)17)15-10(12-13-14-15)7-9-5-3-2-4-6-9/h2-6,8H,7H2,1H3,(H,16,17). The molecule has 17 heavy (non-hydrogen) atoms. The minimum Gasteiger partial charge on any atom is -0.480 e. The van der Waals surface area contributed by atoms with Crippen molar-refractivity contribution in [2.24, 2.45) is 0 Å². The number of tetrazole rings is 1. The van der Waals surface area contributed by atoms with Crippen LogP contribution in [0.25, 0.3) is 0 Å². The Kier molecular flexibility index (Phi) is 3.13. The lowest BCUT2D eigenvalue weighted by Crippen LogP contribution is -2.19. The Bertz CT molecular complexity index is 509. The van der Waals surface area contributed by atoms with Crippen LogP contribution in [0.4, 0.5) is 0 Å². The highest BCUT2D eigenvalue weighted by molar-refractivity contribution is 5.71. The van der Waals surface area contributed by atoms with Gasteiger partial charge in [0.2, 0.25) is 0 Å². The predicted molar refractivity (Wildman–Crippen MR) is 59.4 cm³/mol. The Balaban J connectivity index is 2.23. The Morgan fingerprint density at radius 1 is 1.41 bits per heavy atom. The van der Waals surface area contributed by atoms with Crippen LogP contribution >= 0.6 is 0 Å². The molecule has 1 aromatic carbocycles. The predicted octanol–water partition coefficient (Wildman–Crippen LogP) is 0.909. The highest BCUT2D eigenvalue weighted by atomic mass is 16.4. The van der Waals surface area contributed by atoms with Crippen molar-refractivity contribution >= 4 is 5.97 Å². The molecule has 2 rings (SSSR count). The van der Waals surface area contributed by atoms with Crippen molar-refractivity contribution < 1.29 is 9.90 Å². The van der Waals surface area contributed by atoms with Crippen molar-refractivity contribution in [2.45, 2.75) is 19.4 Å². The number of aromatic nitrogens is 4. The molecule has 0 saturated heterocycles. The molecule has 6 nitrogen and oxygen atoms in total. The molecular weight excluding hydrogens is 220 g/mol. The molecule has 0 aliphatic rings. The lowest BCUT2D eigenvalue weighted by atomic mass is 10.1. The highest BCUT2D eigenvalue weighted by Crippen LogP contribution is 2.10. The maximum atomic E-state index is 10.9. The van der Waals surface area contributed by atoms with Gasteiger partial charge in [-0.15, -0.1) is 5.10 Å². The average Bonchev–Trinajstić information content (AvgIpc) is 2.77. The monoisotopic (exact) mass is 232 g/mol. The van der Waals surface area contributed by atoms with Crippen molar-refractivity contribution in [1.82, 2.24) is 20.2 Å². The van der Waals surface area contributed by atoms with E-state index in [0.717, 1.165) is 5.56 Å². The molecule has 88 valence electrons. The van der Waals surface area contributed by atoms with Gasteiger partial charge in [-0.3, -0.25) is 0 Å². The molecule has 6 heteroatoms. The second kappa shape index (κ2) is 4.73. The van der Waals surface area contributed by atoms with E-state index in [4.69, 9.17) is 5.11 Å². The molecule has 2 aromatic rings. The van der Waals surface area contributed by atoms with Gasteiger partial charge in [-0.05, 0) is 22.9 Å². The van der Waals surface area contributed by atoms with Crippen molar-refractivity contribution in [1.29, 1.82) is 0 Å². The van der Waals surface area contributed by atoms with Crippen LogP contribution < -0.4 is 0 Å². The van der Waals surface area contributed by atoms with Crippen molar-refractivity contribution in [3.63, 3.8) is 0 Å². The summed E-state index contributed by atoms with van der Waals surface area (Å²) in [5, 5.41) is 20.0. The number of hydrogen-bond acceptors (Lipinski definition) is 4. The third-order valence-corrected chi connectivity index (χ3v) is 2.49. The van der Waals surface area contributed by atoms with Crippen LogP contribution in [0.5, 0.6) is 0 Å². The molecule has 0 saturated carbocycles. The van der Waals surface area contributed by atoms with Gasteiger partial charge in [0.05, 0.1) is 0 Å². The summed E-state index contributed by atoms with van der Waals surface area (Å²) in [6.07, 6.45) is 0.519. The molecular formula is C11H12N4O2. The zero-order valence-electron chi connectivity index (χ0n) is 9.32. The van der Waals surface area contributed by atoms with E-state index in [0.29, 0.717) is 12.2 Å². The first kappa shape index (κ1) is 11.3. The molecule has 1 heterocycles. The van der Waals surface area contributed by atoms with Gasteiger partial charge >= 0.3 is 5.97 Å². The Labute approximate surface area is 97.9 Å². The zero-order valence-corrected chi connectivity index (χ0v) is 9.32. The number of carbonyl (C=O) groups is 1. The summed E-state index contributed by atoms with van der Waals surface area (Å²) >= 11 is 0. The van der Waals surface area contributed by atoms with E-state index in [2.05, 4.69) is 15.5 Å². The minimum absolute atomic E-state index is 0.519. The summed E-state index contributed by atoms with van der Waals surface area (Å²) in [6.45, 7) is 1.55. The summed E-state index contributed by atoms with van der Waals surface area (Å²) in [4.78, 5) is 10.9. The molecule has 0 amide bonds. The van der Waals surface area contributed by atoms with Crippen molar-refractivity contribution in [2.75, 3.05) is 0 Å². The fourth-order valence-corrected chi connectivity index (χ4v) is 1.51. The van der Waals surface area contributed by atoms with E-state index in [9.17, 15) is 4.79 Å². The van der Waals surface area contributed by atoms with Gasteiger partial charge in [0, 0.05) is 6.42 Å². The summed E-state index contributed by atoms with van der Waals surface area (Å²) < 4.78 is 1.33. The number of hydrogen-bond donors (Lipinski definition) is 1. The van der Waals surface area contributed by atoms with Gasteiger partial charge in [0.1, 0.15) is 6.04 Å². The minimum atomic E-state index is -0.952. The molecule has 0 fully saturated rings. The summed E-state index contributed by atoms with van der Waals surface area (Å²) in [6, 6.07) is 8.90. The topological polar surface area (TPSA) is 80.9 Å². The van der Waals surface area contributed by atoms with Gasteiger partial charge in [0.25, 0.3) is 0 Å². The molecule has 0 aliphatic heterocycles. The van der Waals surface area contributed by atoms with Crippen LogP contribution in [0, 0.1) is 0 Å². The van der Waals surface area contributed by atoms with Gasteiger partial charge in [0.15, 0.2) is 5.82 Å². The van der Waals surface area contributed by atoms with E-state index in [-0.39, 0.29) is 0 Å². The van der Waals surface area contributed by atoms with Gasteiger partial charge in [-0.2, -0.15) is 0 Å². The van der Waals surface area contributed by atoms with E-state index in [1.165, 1.54) is 4.68 Å². The molecule has 1 unspecified atom stereocenters. The maximum absolute atomic E-state index is 10.9. The second-order valence-corrected chi connectivity index (χ2v) is 3.72. The molecule has 1 N–H and O–H groups in total. The van der Waals surface area contributed by atoms with Crippen molar-refractivity contribution in [3.05, 3.63) is 41.7 Å². The van der Waals surface area contributed by atoms with Crippen LogP contribution in [0.1, 0.15) is 24.4 Å². The van der Waals surface area contributed by atoms with E-state index < -0.39 is 12.0 Å². The number of carboxylic acids is 1. The maximum Gasteiger partial charge on any atom is 0.328 e. The highest BCUT2D eigenvalue weighted by Gasteiger charge is 2.18. The van der Waals surface area contributed by atoms with E-state index in [1.54, 1.807) is 6.92 Å². The lowest BCUT2D eigenvalue weighted by Gasteiger charge is -2.08. The quantitative estimate of drug-likeness (QED) is 0.847. The van der Waals surface area contributed by atoms with E-state index >= 15 is 0 Å². The van der Waals surface area contributed by atoms with Crippen LogP contribution in [0.15, 0.2) is 30.3 Å². The van der Waals surface area contributed by atoms with Gasteiger partial charge < -0.3 is 5.11 Å². The Morgan fingerprint density at radius 3 is 2.76 bits per heavy atom. The van der Waals surface area contributed by atoms with Gasteiger partial charge in [-0.1, -0.05) is 30.3 Å². The number of benzene rings is 1. The van der Waals surface area contributed by atoms with Crippen LogP contribution in [-0.2, 0) is 11.2 Å². The third kappa shape index (κ3) is 2.47. The Hall–Kier alpha value is -2.24. The first-order valence-electron chi connectivity index (χ1n) is 5.22. The number of rotatable bonds is 4. The number of aliphatic carboxylic acids is 1. The van der Waals surface area contributed by atoms with Crippen molar-refractivity contribution in [3.8, 4) is 0 Å². The summed E-state index contributed by atoms with van der Waals surface area (Å²) in [5.74, 6) is -0.405. The molecule has 1 atom stereocenters. The zero-order chi connectivity index (χ0) is 12.3. The normalized spacial score (nSPS) is 12.3. The molecule has 1 aromatic heterocycles. The van der Waals surface area contributed by atoms with Crippen LogP contribution in [-0.4, -0.2) is 31.3 Å². The first-order valence-corrected chi connectivity index (χ1v) is 5.22. The largest absolute Gasteiger partial charge is 0.480 e. The molecule has 0 radical (unpaired) electrons. The van der Waals surface area contributed by atoms with Crippen LogP contribution in [0.2, 0.25) is 0 Å². The third-order valence-electron chi connectivity index (χ3n) is 2.49. The average molecular weight is 232 g/mol. The lowest BCUT2D eigenvalue weighted by molar-refractivity contribution is -0.140. The first-order chi connectivity index (χ1) is 8.18. The fraction of sp³-hybridized carbons (Fsp3) is 0.273. The number of carboxylic acid groups (broad SMARTS) is 1. The Morgan fingerprint density at radius 2 is 2.12 bits per heavy atom. The van der Waals surface area contributed by atoms with Gasteiger partial charge in [-0.25, -0.2) is 9.48 Å².